The van der Waals surface area contributed by atoms with Crippen molar-refractivity contribution in [2.45, 2.75) is 230 Å². The Bertz CT molecular complexity index is 2220. The van der Waals surface area contributed by atoms with Gasteiger partial charge in [0.15, 0.2) is 30.7 Å². The van der Waals surface area contributed by atoms with Crippen molar-refractivity contribution >= 4 is 11.8 Å². The molecule has 5 aliphatic carbocycles. The molecular weight excluding hydrogens is 1000 g/mol. The highest BCUT2D eigenvalue weighted by molar-refractivity contribution is 5.94. The highest BCUT2D eigenvalue weighted by Gasteiger charge is 2.70. The molecule has 12 N–H and O–H groups in total. The van der Waals surface area contributed by atoms with Gasteiger partial charge in [0.2, 0.25) is 12.1 Å². The van der Waals surface area contributed by atoms with Crippen LogP contribution >= 0.6 is 0 Å². The molecule has 0 radical (unpaired) electrons. The predicted octanol–water partition coefficient (Wildman–Crippen LogP) is 0.806. The molecule has 0 unspecified atom stereocenters. The molecule has 26 atom stereocenters. The number of carbonyl (C=O) groups is 2. The Morgan fingerprint density at radius 1 is 0.658 bits per heavy atom. The molecule has 0 spiro atoms. The lowest BCUT2D eigenvalue weighted by Crippen LogP contribution is -2.68. The summed E-state index contributed by atoms with van der Waals surface area (Å²) < 4.78 is 48.9. The van der Waals surface area contributed by atoms with Gasteiger partial charge in [-0.1, -0.05) is 60.1 Å². The normalized spacial score (nSPS) is 52.3. The van der Waals surface area contributed by atoms with E-state index in [0.717, 1.165) is 38.5 Å². The summed E-state index contributed by atoms with van der Waals surface area (Å²) >= 11 is 0. The van der Waals surface area contributed by atoms with E-state index in [9.17, 15) is 70.9 Å². The average Bonchev–Trinajstić information content (AvgIpc) is 3.54. The summed E-state index contributed by atoms with van der Waals surface area (Å²) in [7, 11) is 0. The van der Waals surface area contributed by atoms with Gasteiger partial charge in [-0.15, -0.1) is 0 Å². The summed E-state index contributed by atoms with van der Waals surface area (Å²) in [5.74, 6) is -2.02. The Balaban J connectivity index is 0.980. The van der Waals surface area contributed by atoms with Gasteiger partial charge in [-0.05, 0) is 104 Å². The number of hydrogen-bond donors (Lipinski definition) is 12. The van der Waals surface area contributed by atoms with E-state index in [4.69, 9.17) is 37.9 Å². The van der Waals surface area contributed by atoms with Crippen LogP contribution in [-0.4, -0.2) is 203 Å². The van der Waals surface area contributed by atoms with Crippen molar-refractivity contribution in [3.63, 3.8) is 0 Å². The number of allylic oxidation sites excluding steroid dienone is 4. The molecule has 4 saturated carbocycles. The smallest absolute Gasteiger partial charge is 0.335 e. The van der Waals surface area contributed by atoms with Crippen molar-refractivity contribution in [3.05, 3.63) is 23.2 Å². The molecule has 4 heterocycles. The maximum atomic E-state index is 12.7. The average molecular weight is 1090 g/mol. The summed E-state index contributed by atoms with van der Waals surface area (Å²) in [6.45, 7) is 15.5. The van der Waals surface area contributed by atoms with Crippen molar-refractivity contribution in [2.24, 2.45) is 50.2 Å². The highest BCUT2D eigenvalue weighted by atomic mass is 16.8. The van der Waals surface area contributed by atoms with Gasteiger partial charge in [0.25, 0.3) is 0 Å². The van der Waals surface area contributed by atoms with Crippen molar-refractivity contribution in [3.8, 4) is 0 Å². The summed E-state index contributed by atoms with van der Waals surface area (Å²) in [5, 5.41) is 129. The number of carboxylic acid groups (broad SMARTS) is 1. The Labute approximate surface area is 442 Å². The molecule has 9 rings (SSSR count). The van der Waals surface area contributed by atoms with Crippen molar-refractivity contribution in [2.75, 3.05) is 19.8 Å². The fraction of sp³-hybridized carbons (Fsp3) is 0.889. The van der Waals surface area contributed by atoms with Gasteiger partial charge in [0.1, 0.15) is 72.9 Å². The van der Waals surface area contributed by atoms with Crippen LogP contribution < -0.4 is 0 Å². The fourth-order valence-corrected chi connectivity index (χ4v) is 16.3. The topological polar surface area (TPSA) is 351 Å². The number of aliphatic hydroxyl groups is 11. The van der Waals surface area contributed by atoms with Gasteiger partial charge in [-0.3, -0.25) is 4.79 Å². The molecule has 3 saturated heterocycles. The lowest BCUT2D eigenvalue weighted by atomic mass is 9.33. The Hall–Kier alpha value is -2.46. The van der Waals surface area contributed by atoms with Crippen molar-refractivity contribution in [1.82, 2.24) is 0 Å². The van der Waals surface area contributed by atoms with Crippen molar-refractivity contribution in [1.29, 1.82) is 0 Å². The van der Waals surface area contributed by atoms with E-state index >= 15 is 0 Å². The van der Waals surface area contributed by atoms with Crippen LogP contribution in [0.3, 0.4) is 0 Å². The SMILES string of the molecule is CC1=C(O)C(=O)C[C@@H](O[C@@H]2CC(C)(C)C[C@H]3C4=CC[C@@H]5[C@@]6(C)CC[C@H](O[C@@H]7O[C@H](C(=O)O)[C@@H](O)[C@H](O)[C@H]7O[C@@H]7O[C@H](CO)[C@@H](O)[C@H](O)[C@H]7O[C@@H]7O[C@H](CO)[C@@H](O)[C@H](O)[C@H]7O)[C@@](C)(CO)[C@@H]6CC[C@@]5(C)[C@]4(C)CC[C@@]23C)O1. The first-order valence-corrected chi connectivity index (χ1v) is 27.2. The van der Waals surface area contributed by atoms with E-state index in [1.165, 1.54) is 5.57 Å². The third kappa shape index (κ3) is 9.31. The number of ether oxygens (including phenoxy) is 8. The zero-order chi connectivity index (χ0) is 55.6. The van der Waals surface area contributed by atoms with Gasteiger partial charge in [-0.25, -0.2) is 4.79 Å². The van der Waals surface area contributed by atoms with E-state index in [2.05, 4.69) is 47.6 Å². The van der Waals surface area contributed by atoms with Gasteiger partial charge < -0.3 is 99.2 Å². The van der Waals surface area contributed by atoms with Crippen LogP contribution in [0.1, 0.15) is 120 Å². The van der Waals surface area contributed by atoms with Gasteiger partial charge in [-0.2, -0.15) is 0 Å². The number of ketones is 1. The van der Waals surface area contributed by atoms with Crippen LogP contribution in [0.2, 0.25) is 0 Å². The zero-order valence-corrected chi connectivity index (χ0v) is 44.8. The number of hydrogen-bond acceptors (Lipinski definition) is 21. The van der Waals surface area contributed by atoms with E-state index in [1.807, 2.05) is 6.92 Å². The maximum Gasteiger partial charge on any atom is 0.335 e. The van der Waals surface area contributed by atoms with E-state index < -0.39 is 135 Å². The summed E-state index contributed by atoms with van der Waals surface area (Å²) in [6, 6.07) is 0. The van der Waals surface area contributed by atoms with Gasteiger partial charge in [0.05, 0.1) is 38.4 Å². The van der Waals surface area contributed by atoms with Crippen LogP contribution in [0, 0.1) is 50.2 Å². The van der Waals surface area contributed by atoms with Crippen LogP contribution in [0.15, 0.2) is 23.2 Å². The molecule has 76 heavy (non-hydrogen) atoms. The molecule has 9 aliphatic rings. The molecule has 7 fully saturated rings. The minimum absolute atomic E-state index is 0.0552. The first-order valence-electron chi connectivity index (χ1n) is 27.2. The summed E-state index contributed by atoms with van der Waals surface area (Å²) in [4.78, 5) is 25.3. The van der Waals surface area contributed by atoms with Crippen LogP contribution in [0.5, 0.6) is 0 Å². The molecule has 0 aromatic rings. The van der Waals surface area contributed by atoms with Crippen LogP contribution in [0.4, 0.5) is 0 Å². The number of rotatable bonds is 12. The van der Waals surface area contributed by atoms with Crippen LogP contribution in [0.25, 0.3) is 0 Å². The lowest BCUT2D eigenvalue weighted by molar-refractivity contribution is -0.397. The summed E-state index contributed by atoms with van der Waals surface area (Å²) in [5.41, 5.74) is -0.626. The minimum atomic E-state index is -2.12. The lowest BCUT2D eigenvalue weighted by Gasteiger charge is -2.72. The number of aliphatic carboxylic acids is 1. The molecule has 432 valence electrons. The molecule has 0 aromatic carbocycles. The third-order valence-corrected chi connectivity index (χ3v) is 21.1. The molecule has 0 aromatic heterocycles. The van der Waals surface area contributed by atoms with E-state index in [1.54, 1.807) is 6.92 Å². The zero-order valence-electron chi connectivity index (χ0n) is 44.8. The second-order valence-electron chi connectivity index (χ2n) is 25.8. The largest absolute Gasteiger partial charge is 0.502 e. The fourth-order valence-electron chi connectivity index (χ4n) is 16.3. The Morgan fingerprint density at radius 3 is 1.88 bits per heavy atom. The molecular formula is C54H84O22. The van der Waals surface area contributed by atoms with Gasteiger partial charge >= 0.3 is 5.97 Å². The summed E-state index contributed by atoms with van der Waals surface area (Å²) in [6.07, 6.45) is -20.7. The number of Topliss-reactive ketones (excluding diaryl/α,β-unsaturated/α-hetero) is 1. The Kier molecular flexibility index (Phi) is 15.9. The first-order chi connectivity index (χ1) is 35.5. The molecule has 0 amide bonds. The predicted molar refractivity (Wildman–Crippen MR) is 261 cm³/mol. The molecule has 4 aliphatic heterocycles. The maximum absolute atomic E-state index is 12.7. The number of carbonyl (C=O) groups excluding carboxylic acids is 1. The van der Waals surface area contributed by atoms with Crippen LogP contribution in [-0.2, 0) is 47.5 Å². The second-order valence-corrected chi connectivity index (χ2v) is 25.8. The second kappa shape index (κ2) is 20.8. The standard InChI is InChI=1S/C54H84O22/c1-23-34(59)26(58)17-33(69-23)72-32-19-49(2,3)18-25-24-9-10-30-51(5)13-12-31(52(6,22-57)29(51)11-14-54(30,8)53(24,7)16-15-50(25,32)4)73-48-44(40(65)39(64)42(74-48)45(67)68)76-47-43(38(63)36(61)28(21-56)71-47)75-46-41(66)37(62)35(60)27(20-55)70-46/h9,25,27-33,35-44,46-48,55-57,59-66H,10-22H2,1-8H3,(H,67,68)/t25-,27+,28+,29+,30+,31-,32+,33+,35+,36+,37-,38-,39-,40-,41+,42-,43+,44+,46-,47-,48+,50+,51-,52-,53+,54+/m0/s1. The molecule has 22 heteroatoms. The third-order valence-electron chi connectivity index (χ3n) is 21.1. The van der Waals surface area contributed by atoms with Gasteiger partial charge in [0, 0.05) is 10.8 Å². The molecule has 0 bridgehead atoms. The quantitative estimate of drug-likeness (QED) is 0.0950. The van der Waals surface area contributed by atoms with E-state index in [0.29, 0.717) is 19.3 Å². The monoisotopic (exact) mass is 1080 g/mol. The number of carboxylic acids is 1. The Morgan fingerprint density at radius 2 is 1.26 bits per heavy atom. The number of fused-ring (bicyclic) bond motifs is 7. The number of aliphatic hydroxyl groups excluding tert-OH is 11. The highest BCUT2D eigenvalue weighted by Crippen LogP contribution is 2.76. The molecule has 22 nitrogen and oxygen atoms in total. The van der Waals surface area contributed by atoms with E-state index in [-0.39, 0.29) is 75.5 Å². The minimum Gasteiger partial charge on any atom is -0.502 e. The first kappa shape index (κ1) is 58.2. The van der Waals surface area contributed by atoms with Crippen molar-refractivity contribution < 1.29 is 109 Å².